The number of rotatable bonds is 5. The highest BCUT2D eigenvalue weighted by Crippen LogP contribution is 2.32. The van der Waals surface area contributed by atoms with E-state index in [1.165, 1.54) is 18.2 Å². The molecule has 2 aliphatic heterocycles. The molecule has 0 unspecified atom stereocenters. The molecule has 0 aromatic heterocycles. The fraction of sp³-hybridized carbons (Fsp3) is 0.417. The van der Waals surface area contributed by atoms with Gasteiger partial charge in [-0.3, -0.25) is 4.79 Å². The monoisotopic (exact) mass is 445 g/mol. The Labute approximate surface area is 184 Å². The Bertz CT molecular complexity index is 1010. The number of halogens is 3. The highest BCUT2D eigenvalue weighted by molar-refractivity contribution is 6.03. The van der Waals surface area contributed by atoms with Crippen LogP contribution in [-0.2, 0) is 0 Å². The van der Waals surface area contributed by atoms with Crippen molar-refractivity contribution in [3.8, 4) is 0 Å². The van der Waals surface area contributed by atoms with Gasteiger partial charge < -0.3 is 15.4 Å². The molecule has 8 heteroatoms. The number of nitrogens with one attached hydrogen (secondary N) is 1. The van der Waals surface area contributed by atoms with Gasteiger partial charge in [0, 0.05) is 42.1 Å². The molecule has 2 fully saturated rings. The lowest BCUT2D eigenvalue weighted by Crippen LogP contribution is -2.38. The lowest BCUT2D eigenvalue weighted by atomic mass is 9.86. The topological polar surface area (TPSA) is 64.9 Å². The van der Waals surface area contributed by atoms with Crippen LogP contribution in [0.25, 0.3) is 0 Å². The van der Waals surface area contributed by atoms with Crippen molar-refractivity contribution in [2.75, 3.05) is 31.1 Å². The van der Waals surface area contributed by atoms with Gasteiger partial charge in [0.25, 0.3) is 0 Å². The standard InChI is InChI=1S/C24H26F3N3O2/c25-17-1-3-19(21(27)13-17)23(29-32)15-7-11-30(12-8-15)22-14-18(26)2-4-20(22)24(31)16-5-9-28-10-6-16/h1-4,13-16,28,32H,5-12H2/b29-23-. The Balaban J connectivity index is 1.51. The first kappa shape index (κ1) is 22.3. The summed E-state index contributed by atoms with van der Waals surface area (Å²) in [4.78, 5) is 15.1. The van der Waals surface area contributed by atoms with Gasteiger partial charge in [-0.1, -0.05) is 5.16 Å². The Morgan fingerprint density at radius 2 is 1.53 bits per heavy atom. The van der Waals surface area contributed by atoms with Crippen molar-refractivity contribution in [2.24, 2.45) is 17.0 Å². The molecule has 2 saturated heterocycles. The molecular weight excluding hydrogens is 419 g/mol. The molecule has 0 radical (unpaired) electrons. The van der Waals surface area contributed by atoms with Crippen LogP contribution in [-0.4, -0.2) is 42.9 Å². The van der Waals surface area contributed by atoms with Crippen LogP contribution in [0.4, 0.5) is 18.9 Å². The predicted molar refractivity (Wildman–Crippen MR) is 116 cm³/mol. The summed E-state index contributed by atoms with van der Waals surface area (Å²) in [5.41, 5.74) is 1.34. The van der Waals surface area contributed by atoms with E-state index in [0.717, 1.165) is 38.1 Å². The van der Waals surface area contributed by atoms with Gasteiger partial charge in [0.15, 0.2) is 5.78 Å². The van der Waals surface area contributed by atoms with Crippen molar-refractivity contribution < 1.29 is 23.2 Å². The Morgan fingerprint density at radius 3 is 2.16 bits per heavy atom. The second-order valence-electron chi connectivity index (χ2n) is 8.42. The number of oxime groups is 1. The predicted octanol–water partition coefficient (Wildman–Crippen LogP) is 4.38. The molecule has 5 nitrogen and oxygen atoms in total. The van der Waals surface area contributed by atoms with E-state index in [1.54, 1.807) is 6.07 Å². The van der Waals surface area contributed by atoms with E-state index in [2.05, 4.69) is 10.5 Å². The maximum absolute atomic E-state index is 14.2. The number of nitrogens with zero attached hydrogens (tertiary/aromatic N) is 2. The van der Waals surface area contributed by atoms with Crippen molar-refractivity contribution in [3.05, 3.63) is 65.0 Å². The van der Waals surface area contributed by atoms with Gasteiger partial charge in [-0.25, -0.2) is 13.2 Å². The molecule has 2 aromatic rings. The van der Waals surface area contributed by atoms with Crippen LogP contribution in [0.5, 0.6) is 0 Å². The van der Waals surface area contributed by atoms with Crippen LogP contribution in [0, 0.1) is 29.3 Å². The van der Waals surface area contributed by atoms with Crippen molar-refractivity contribution in [2.45, 2.75) is 25.7 Å². The maximum atomic E-state index is 14.2. The zero-order valence-corrected chi connectivity index (χ0v) is 17.7. The van der Waals surface area contributed by atoms with E-state index in [4.69, 9.17) is 0 Å². The minimum Gasteiger partial charge on any atom is -0.411 e. The van der Waals surface area contributed by atoms with E-state index >= 15 is 0 Å². The largest absolute Gasteiger partial charge is 0.411 e. The third kappa shape index (κ3) is 4.65. The third-order valence-corrected chi connectivity index (χ3v) is 6.47. The minimum absolute atomic E-state index is 0.0367. The maximum Gasteiger partial charge on any atom is 0.168 e. The minimum atomic E-state index is -0.778. The van der Waals surface area contributed by atoms with Crippen molar-refractivity contribution in [1.29, 1.82) is 0 Å². The summed E-state index contributed by atoms with van der Waals surface area (Å²) in [5, 5.41) is 16.1. The molecule has 0 aliphatic carbocycles. The average Bonchev–Trinajstić information content (AvgIpc) is 2.81. The number of Topliss-reactive ketones (excluding diaryl/α,β-unsaturated/α-hetero) is 1. The zero-order chi connectivity index (χ0) is 22.7. The van der Waals surface area contributed by atoms with Crippen LogP contribution in [0.2, 0.25) is 0 Å². The van der Waals surface area contributed by atoms with E-state index in [-0.39, 0.29) is 28.9 Å². The molecular formula is C24H26F3N3O2. The molecule has 2 heterocycles. The number of carbonyl (C=O) groups excluding carboxylic acids is 1. The molecule has 32 heavy (non-hydrogen) atoms. The lowest BCUT2D eigenvalue weighted by Gasteiger charge is -2.35. The number of hydrogen-bond donors (Lipinski definition) is 2. The number of ketones is 1. The number of hydrogen-bond acceptors (Lipinski definition) is 5. The van der Waals surface area contributed by atoms with Gasteiger partial charge in [0.1, 0.15) is 17.5 Å². The zero-order valence-electron chi connectivity index (χ0n) is 17.7. The number of carbonyl (C=O) groups is 1. The lowest BCUT2D eigenvalue weighted by molar-refractivity contribution is 0.0895. The molecule has 0 spiro atoms. The van der Waals surface area contributed by atoms with Crippen molar-refractivity contribution in [1.82, 2.24) is 5.32 Å². The van der Waals surface area contributed by atoms with Gasteiger partial charge in [-0.2, -0.15) is 0 Å². The first-order chi connectivity index (χ1) is 15.5. The highest BCUT2D eigenvalue weighted by atomic mass is 19.1. The summed E-state index contributed by atoms with van der Waals surface area (Å²) in [5.74, 6) is -2.17. The quantitative estimate of drug-likeness (QED) is 0.310. The summed E-state index contributed by atoms with van der Waals surface area (Å²) in [6.07, 6.45) is 2.57. The second-order valence-corrected chi connectivity index (χ2v) is 8.42. The van der Waals surface area contributed by atoms with Gasteiger partial charge in [-0.15, -0.1) is 0 Å². The molecule has 4 rings (SSSR count). The van der Waals surface area contributed by atoms with Crippen LogP contribution in [0.3, 0.4) is 0 Å². The highest BCUT2D eigenvalue weighted by Gasteiger charge is 2.30. The first-order valence-electron chi connectivity index (χ1n) is 10.9. The Kier molecular flexibility index (Phi) is 6.79. The van der Waals surface area contributed by atoms with Crippen molar-refractivity contribution in [3.63, 3.8) is 0 Å². The van der Waals surface area contributed by atoms with Crippen LogP contribution >= 0.6 is 0 Å². The molecule has 2 N–H and O–H groups in total. The fourth-order valence-electron chi connectivity index (χ4n) is 4.73. The molecule has 0 amide bonds. The summed E-state index contributed by atoms with van der Waals surface area (Å²) in [7, 11) is 0. The first-order valence-corrected chi connectivity index (χ1v) is 10.9. The van der Waals surface area contributed by atoms with Crippen LogP contribution in [0.1, 0.15) is 41.6 Å². The van der Waals surface area contributed by atoms with Gasteiger partial charge in [0.2, 0.25) is 0 Å². The van der Waals surface area contributed by atoms with Crippen LogP contribution < -0.4 is 10.2 Å². The van der Waals surface area contributed by atoms with E-state index in [0.29, 0.717) is 37.2 Å². The fourth-order valence-corrected chi connectivity index (χ4v) is 4.73. The Morgan fingerprint density at radius 1 is 0.906 bits per heavy atom. The summed E-state index contributed by atoms with van der Waals surface area (Å²) < 4.78 is 41.6. The molecule has 0 atom stereocenters. The van der Waals surface area contributed by atoms with Gasteiger partial charge in [0.05, 0.1) is 11.4 Å². The van der Waals surface area contributed by atoms with Crippen molar-refractivity contribution >= 4 is 17.2 Å². The number of anilines is 1. The molecule has 170 valence electrons. The second kappa shape index (κ2) is 9.73. The smallest absolute Gasteiger partial charge is 0.168 e. The Hall–Kier alpha value is -2.87. The van der Waals surface area contributed by atoms with Crippen LogP contribution in [0.15, 0.2) is 41.6 Å². The number of benzene rings is 2. The van der Waals surface area contributed by atoms with Gasteiger partial charge in [-0.05, 0) is 69.1 Å². The molecule has 2 aromatic carbocycles. The van der Waals surface area contributed by atoms with E-state index < -0.39 is 17.5 Å². The molecule has 0 saturated carbocycles. The third-order valence-electron chi connectivity index (χ3n) is 6.47. The number of piperidine rings is 2. The summed E-state index contributed by atoms with van der Waals surface area (Å²) >= 11 is 0. The average molecular weight is 445 g/mol. The molecule has 2 aliphatic rings. The van der Waals surface area contributed by atoms with Gasteiger partial charge >= 0.3 is 0 Å². The SMILES string of the molecule is O=C(c1ccc(F)cc1N1CCC(/C(=N/O)c2ccc(F)cc2F)CC1)C1CCNCC1. The summed E-state index contributed by atoms with van der Waals surface area (Å²) in [6, 6.07) is 7.45. The molecule has 0 bridgehead atoms. The van der Waals surface area contributed by atoms with E-state index in [1.807, 2.05) is 4.90 Å². The van der Waals surface area contributed by atoms with E-state index in [9.17, 15) is 23.2 Å². The summed E-state index contributed by atoms with van der Waals surface area (Å²) in [6.45, 7) is 2.56. The normalized spacial score (nSPS) is 18.7.